The van der Waals surface area contributed by atoms with E-state index in [1.807, 2.05) is 0 Å². The number of hydrogen-bond donors (Lipinski definition) is 3. The van der Waals surface area contributed by atoms with Crippen molar-refractivity contribution in [3.63, 3.8) is 0 Å². The number of hydrogen-bond acceptors (Lipinski definition) is 4. The third-order valence-corrected chi connectivity index (χ3v) is 3.44. The molecule has 16 heavy (non-hydrogen) atoms. The van der Waals surface area contributed by atoms with Gasteiger partial charge in [-0.15, -0.1) is 0 Å². The van der Waals surface area contributed by atoms with Gasteiger partial charge in [-0.2, -0.15) is 0 Å². The molecule has 1 fully saturated rings. The maximum absolute atomic E-state index is 8.97. The SMILES string of the molecule is CCC(CCO)NC(CN)C1CCCOC1. The molecule has 3 unspecified atom stereocenters. The fourth-order valence-electron chi connectivity index (χ4n) is 2.34. The molecule has 1 rings (SSSR count). The van der Waals surface area contributed by atoms with Crippen LogP contribution in [0.15, 0.2) is 0 Å². The molecule has 0 aliphatic carbocycles. The van der Waals surface area contributed by atoms with E-state index in [1.54, 1.807) is 0 Å². The van der Waals surface area contributed by atoms with Crippen LogP contribution < -0.4 is 11.1 Å². The van der Waals surface area contributed by atoms with Crippen molar-refractivity contribution in [1.29, 1.82) is 0 Å². The second kappa shape index (κ2) is 8.01. The Morgan fingerprint density at radius 3 is 2.88 bits per heavy atom. The highest BCUT2D eigenvalue weighted by Crippen LogP contribution is 2.18. The molecule has 0 amide bonds. The molecule has 0 bridgehead atoms. The molecule has 96 valence electrons. The Morgan fingerprint density at radius 2 is 2.38 bits per heavy atom. The molecule has 1 aliphatic rings. The lowest BCUT2D eigenvalue weighted by molar-refractivity contribution is 0.0379. The summed E-state index contributed by atoms with van der Waals surface area (Å²) >= 11 is 0. The van der Waals surface area contributed by atoms with Crippen LogP contribution in [0.25, 0.3) is 0 Å². The fraction of sp³-hybridized carbons (Fsp3) is 1.00. The van der Waals surface area contributed by atoms with Crippen LogP contribution in [0.3, 0.4) is 0 Å². The molecule has 0 saturated carbocycles. The average Bonchev–Trinajstić information content (AvgIpc) is 2.35. The Morgan fingerprint density at radius 1 is 1.56 bits per heavy atom. The van der Waals surface area contributed by atoms with Crippen molar-refractivity contribution in [2.75, 3.05) is 26.4 Å². The van der Waals surface area contributed by atoms with Gasteiger partial charge in [-0.3, -0.25) is 0 Å². The van der Waals surface area contributed by atoms with E-state index < -0.39 is 0 Å². The van der Waals surface area contributed by atoms with Crippen molar-refractivity contribution in [3.8, 4) is 0 Å². The lowest BCUT2D eigenvalue weighted by Crippen LogP contribution is -2.49. The Bertz CT molecular complexity index is 172. The van der Waals surface area contributed by atoms with E-state index in [4.69, 9.17) is 15.6 Å². The predicted octanol–water partition coefficient (Wildman–Crippen LogP) is 0.491. The van der Waals surface area contributed by atoms with Gasteiger partial charge in [0.25, 0.3) is 0 Å². The van der Waals surface area contributed by atoms with Crippen molar-refractivity contribution >= 4 is 0 Å². The monoisotopic (exact) mass is 230 g/mol. The van der Waals surface area contributed by atoms with Gasteiger partial charge < -0.3 is 20.9 Å². The van der Waals surface area contributed by atoms with Crippen LogP contribution >= 0.6 is 0 Å². The van der Waals surface area contributed by atoms with Crippen molar-refractivity contribution in [3.05, 3.63) is 0 Å². The van der Waals surface area contributed by atoms with Crippen LogP contribution in [0, 0.1) is 5.92 Å². The highest BCUT2D eigenvalue weighted by molar-refractivity contribution is 4.82. The number of nitrogens with one attached hydrogen (secondary N) is 1. The topological polar surface area (TPSA) is 67.5 Å². The van der Waals surface area contributed by atoms with E-state index in [9.17, 15) is 0 Å². The van der Waals surface area contributed by atoms with Gasteiger partial charge in [0.05, 0.1) is 6.61 Å². The zero-order chi connectivity index (χ0) is 11.8. The van der Waals surface area contributed by atoms with E-state index in [2.05, 4.69) is 12.2 Å². The Labute approximate surface area is 98.5 Å². The molecule has 0 aromatic carbocycles. The first-order chi connectivity index (χ1) is 7.81. The van der Waals surface area contributed by atoms with Gasteiger partial charge in [-0.05, 0) is 31.6 Å². The Hall–Kier alpha value is -0.160. The molecule has 3 atom stereocenters. The summed E-state index contributed by atoms with van der Waals surface area (Å²) in [6.07, 6.45) is 4.18. The van der Waals surface area contributed by atoms with E-state index >= 15 is 0 Å². The van der Waals surface area contributed by atoms with Crippen LogP contribution in [0.4, 0.5) is 0 Å². The third-order valence-electron chi connectivity index (χ3n) is 3.44. The summed E-state index contributed by atoms with van der Waals surface area (Å²) in [6.45, 7) is 4.74. The molecular weight excluding hydrogens is 204 g/mol. The summed E-state index contributed by atoms with van der Waals surface area (Å²) in [5.41, 5.74) is 5.82. The van der Waals surface area contributed by atoms with Crippen LogP contribution in [0.5, 0.6) is 0 Å². The fourth-order valence-corrected chi connectivity index (χ4v) is 2.34. The van der Waals surface area contributed by atoms with Crippen molar-refractivity contribution in [2.45, 2.75) is 44.7 Å². The minimum absolute atomic E-state index is 0.240. The molecule has 1 aliphatic heterocycles. The molecule has 0 aromatic rings. The van der Waals surface area contributed by atoms with Gasteiger partial charge >= 0.3 is 0 Å². The quantitative estimate of drug-likeness (QED) is 0.595. The van der Waals surface area contributed by atoms with E-state index in [1.165, 1.54) is 6.42 Å². The van der Waals surface area contributed by atoms with Crippen LogP contribution in [-0.4, -0.2) is 43.6 Å². The summed E-state index contributed by atoms with van der Waals surface area (Å²) in [6, 6.07) is 0.706. The summed E-state index contributed by atoms with van der Waals surface area (Å²) in [5.74, 6) is 0.534. The molecular formula is C12H26N2O2. The highest BCUT2D eigenvalue weighted by atomic mass is 16.5. The van der Waals surface area contributed by atoms with Gasteiger partial charge in [0.2, 0.25) is 0 Å². The largest absolute Gasteiger partial charge is 0.396 e. The lowest BCUT2D eigenvalue weighted by Gasteiger charge is -2.33. The van der Waals surface area contributed by atoms with Crippen molar-refractivity contribution < 1.29 is 9.84 Å². The molecule has 0 spiro atoms. The number of aliphatic hydroxyl groups is 1. The van der Waals surface area contributed by atoms with Gasteiger partial charge in [0, 0.05) is 31.8 Å². The summed E-state index contributed by atoms with van der Waals surface area (Å²) in [7, 11) is 0. The van der Waals surface area contributed by atoms with E-state index in [0.29, 0.717) is 24.5 Å². The minimum atomic E-state index is 0.240. The lowest BCUT2D eigenvalue weighted by atomic mass is 9.92. The maximum atomic E-state index is 8.97. The van der Waals surface area contributed by atoms with Gasteiger partial charge in [0.15, 0.2) is 0 Å². The normalized spacial score (nSPS) is 25.3. The summed E-state index contributed by atoms with van der Waals surface area (Å²) < 4.78 is 5.50. The predicted molar refractivity (Wildman–Crippen MR) is 65.3 cm³/mol. The Balaban J connectivity index is 2.39. The van der Waals surface area contributed by atoms with Crippen molar-refractivity contribution in [1.82, 2.24) is 5.32 Å². The maximum Gasteiger partial charge on any atom is 0.0509 e. The highest BCUT2D eigenvalue weighted by Gasteiger charge is 2.24. The zero-order valence-electron chi connectivity index (χ0n) is 10.3. The standard InChI is InChI=1S/C12H26N2O2/c1-2-11(5-6-15)14-12(8-13)10-4-3-7-16-9-10/h10-12,14-15H,2-9,13H2,1H3. The second-order valence-electron chi connectivity index (χ2n) is 4.60. The first kappa shape index (κ1) is 13.9. The van der Waals surface area contributed by atoms with Gasteiger partial charge in [-0.1, -0.05) is 6.92 Å². The van der Waals surface area contributed by atoms with E-state index in [-0.39, 0.29) is 6.61 Å². The third kappa shape index (κ3) is 4.37. The number of nitrogens with two attached hydrogens (primary N) is 1. The smallest absolute Gasteiger partial charge is 0.0509 e. The Kier molecular flexibility index (Phi) is 6.96. The van der Waals surface area contributed by atoms with E-state index in [0.717, 1.165) is 32.5 Å². The second-order valence-corrected chi connectivity index (χ2v) is 4.60. The summed E-state index contributed by atoms with van der Waals surface area (Å²) in [4.78, 5) is 0. The van der Waals surface area contributed by atoms with Crippen LogP contribution in [0.1, 0.15) is 32.6 Å². The van der Waals surface area contributed by atoms with Gasteiger partial charge in [-0.25, -0.2) is 0 Å². The van der Waals surface area contributed by atoms with Crippen LogP contribution in [-0.2, 0) is 4.74 Å². The molecule has 0 aromatic heterocycles. The average molecular weight is 230 g/mol. The summed E-state index contributed by atoms with van der Waals surface area (Å²) in [5, 5.41) is 12.5. The number of rotatable bonds is 7. The first-order valence-electron chi connectivity index (χ1n) is 6.46. The molecule has 1 saturated heterocycles. The zero-order valence-corrected chi connectivity index (χ0v) is 10.3. The number of ether oxygens (including phenoxy) is 1. The molecule has 0 radical (unpaired) electrons. The minimum Gasteiger partial charge on any atom is -0.396 e. The molecule has 4 nitrogen and oxygen atoms in total. The number of aliphatic hydroxyl groups excluding tert-OH is 1. The van der Waals surface area contributed by atoms with Crippen molar-refractivity contribution in [2.24, 2.45) is 11.7 Å². The molecule has 4 heteroatoms. The van der Waals surface area contributed by atoms with Crippen LogP contribution in [0.2, 0.25) is 0 Å². The van der Waals surface area contributed by atoms with Gasteiger partial charge in [0.1, 0.15) is 0 Å². The molecule has 4 N–H and O–H groups in total. The molecule has 1 heterocycles. The first-order valence-corrected chi connectivity index (χ1v) is 6.46.